The summed E-state index contributed by atoms with van der Waals surface area (Å²) in [6, 6.07) is 11.6. The van der Waals surface area contributed by atoms with Crippen LogP contribution in [0.2, 0.25) is 0 Å². The van der Waals surface area contributed by atoms with Crippen LogP contribution in [0.4, 0.5) is 0 Å². The van der Waals surface area contributed by atoms with Gasteiger partial charge in [-0.2, -0.15) is 0 Å². The van der Waals surface area contributed by atoms with E-state index in [4.69, 9.17) is 0 Å². The fraction of sp³-hybridized carbons (Fsp3) is 0.444. The first-order valence-electron chi connectivity index (χ1n) is 7.64. The lowest BCUT2D eigenvalue weighted by molar-refractivity contribution is 0.415. The third-order valence-corrected chi connectivity index (χ3v) is 5.15. The first-order valence-corrected chi connectivity index (χ1v) is 8.43. The number of benzene rings is 2. The van der Waals surface area contributed by atoms with Crippen molar-refractivity contribution in [2.45, 2.75) is 39.2 Å². The van der Waals surface area contributed by atoms with E-state index in [0.717, 1.165) is 12.5 Å². The van der Waals surface area contributed by atoms with Crippen molar-refractivity contribution in [1.29, 1.82) is 0 Å². The Kier molecular flexibility index (Phi) is 4.13. The van der Waals surface area contributed by atoms with E-state index in [2.05, 4.69) is 65.4 Å². The largest absolute Gasteiger partial charge is 0.310 e. The second-order valence-electron chi connectivity index (χ2n) is 5.96. The van der Waals surface area contributed by atoms with Crippen molar-refractivity contribution in [1.82, 2.24) is 5.32 Å². The minimum absolute atomic E-state index is 0.494. The Morgan fingerprint density at radius 1 is 1.25 bits per heavy atom. The summed E-state index contributed by atoms with van der Waals surface area (Å²) in [6.45, 7) is 5.61. The van der Waals surface area contributed by atoms with E-state index < -0.39 is 0 Å². The van der Waals surface area contributed by atoms with E-state index in [9.17, 15) is 0 Å². The molecule has 0 aromatic heterocycles. The average Bonchev–Trinajstić information content (AvgIpc) is 2.60. The Morgan fingerprint density at radius 2 is 2.00 bits per heavy atom. The minimum Gasteiger partial charge on any atom is -0.310 e. The van der Waals surface area contributed by atoms with Gasteiger partial charge in [0.25, 0.3) is 0 Å². The van der Waals surface area contributed by atoms with Gasteiger partial charge < -0.3 is 5.32 Å². The van der Waals surface area contributed by atoms with Gasteiger partial charge in [0.05, 0.1) is 0 Å². The molecule has 2 unspecified atom stereocenters. The molecule has 106 valence electrons. The first-order chi connectivity index (χ1) is 9.70. The molecule has 1 N–H and O–H groups in total. The second kappa shape index (κ2) is 5.87. The van der Waals surface area contributed by atoms with Gasteiger partial charge in [0.1, 0.15) is 0 Å². The van der Waals surface area contributed by atoms with Gasteiger partial charge >= 0.3 is 0 Å². The van der Waals surface area contributed by atoms with Gasteiger partial charge in [0, 0.05) is 10.5 Å². The maximum atomic E-state index is 3.77. The first kappa shape index (κ1) is 14.1. The molecule has 0 heterocycles. The van der Waals surface area contributed by atoms with Gasteiger partial charge in [-0.15, -0.1) is 0 Å². The topological polar surface area (TPSA) is 12.0 Å². The van der Waals surface area contributed by atoms with Gasteiger partial charge in [-0.25, -0.2) is 0 Å². The zero-order valence-corrected chi connectivity index (χ0v) is 13.8. The Balaban J connectivity index is 2.21. The predicted molar refractivity (Wildman–Crippen MR) is 90.2 cm³/mol. The average molecular weight is 332 g/mol. The van der Waals surface area contributed by atoms with Crippen molar-refractivity contribution in [2.24, 2.45) is 5.92 Å². The lowest BCUT2D eigenvalue weighted by atomic mass is 9.93. The molecule has 1 aliphatic carbocycles. The quantitative estimate of drug-likeness (QED) is 0.743. The van der Waals surface area contributed by atoms with E-state index in [-0.39, 0.29) is 0 Å². The summed E-state index contributed by atoms with van der Waals surface area (Å²) in [7, 11) is 0. The number of fused-ring (bicyclic) bond motifs is 3. The summed E-state index contributed by atoms with van der Waals surface area (Å²) >= 11 is 3.77. The van der Waals surface area contributed by atoms with Crippen molar-refractivity contribution in [2.75, 3.05) is 6.54 Å². The van der Waals surface area contributed by atoms with Crippen molar-refractivity contribution < 1.29 is 0 Å². The van der Waals surface area contributed by atoms with Gasteiger partial charge in [-0.3, -0.25) is 0 Å². The summed E-state index contributed by atoms with van der Waals surface area (Å²) in [4.78, 5) is 0. The smallest absolute Gasteiger partial charge is 0.0326 e. The van der Waals surface area contributed by atoms with Gasteiger partial charge in [0.15, 0.2) is 0 Å². The Labute approximate surface area is 129 Å². The maximum absolute atomic E-state index is 3.77. The van der Waals surface area contributed by atoms with Crippen LogP contribution in [0.1, 0.15) is 43.9 Å². The molecule has 0 bridgehead atoms. The van der Waals surface area contributed by atoms with Crippen molar-refractivity contribution in [3.63, 3.8) is 0 Å². The molecule has 1 aliphatic rings. The zero-order valence-electron chi connectivity index (χ0n) is 12.2. The third kappa shape index (κ3) is 2.51. The normalized spacial score (nSPS) is 22.6. The number of aryl methyl sites for hydroxylation is 1. The number of halogens is 1. The standard InChI is InChI=1S/C18H22BrN/c1-3-20-18-10-12(2)8-9-14-13-6-4-5-7-15(13)17(19)11-16(14)18/h4-7,11-12,18,20H,3,8-10H2,1-2H3. The summed E-state index contributed by atoms with van der Waals surface area (Å²) in [5, 5.41) is 6.45. The fourth-order valence-corrected chi connectivity index (χ4v) is 4.07. The van der Waals surface area contributed by atoms with Crippen LogP contribution in [0.5, 0.6) is 0 Å². The SMILES string of the molecule is CCNC1CC(C)CCc2c1cc(Br)c1ccccc21. The van der Waals surface area contributed by atoms with E-state index in [1.54, 1.807) is 5.56 Å². The van der Waals surface area contributed by atoms with Crippen molar-refractivity contribution in [3.8, 4) is 0 Å². The molecule has 0 spiro atoms. The molecular formula is C18H22BrN. The molecule has 2 aromatic carbocycles. The molecule has 0 saturated carbocycles. The molecule has 1 nitrogen and oxygen atoms in total. The van der Waals surface area contributed by atoms with E-state index >= 15 is 0 Å². The van der Waals surface area contributed by atoms with E-state index in [0.29, 0.717) is 6.04 Å². The lowest BCUT2D eigenvalue weighted by Gasteiger charge is -2.22. The summed E-state index contributed by atoms with van der Waals surface area (Å²) in [6.07, 6.45) is 3.73. The molecule has 0 aliphatic heterocycles. The van der Waals surface area contributed by atoms with Crippen molar-refractivity contribution in [3.05, 3.63) is 45.9 Å². The molecular weight excluding hydrogens is 310 g/mol. The van der Waals surface area contributed by atoms with Crippen LogP contribution in [0.15, 0.2) is 34.8 Å². The summed E-state index contributed by atoms with van der Waals surface area (Å²) in [5.74, 6) is 0.781. The van der Waals surface area contributed by atoms with Crippen LogP contribution in [-0.2, 0) is 6.42 Å². The summed E-state index contributed by atoms with van der Waals surface area (Å²) < 4.78 is 1.23. The maximum Gasteiger partial charge on any atom is 0.0326 e. The highest BCUT2D eigenvalue weighted by atomic mass is 79.9. The molecule has 0 saturated heterocycles. The van der Waals surface area contributed by atoms with Gasteiger partial charge in [-0.1, -0.05) is 54.0 Å². The molecule has 20 heavy (non-hydrogen) atoms. The fourth-order valence-electron chi connectivity index (χ4n) is 3.48. The number of hydrogen-bond donors (Lipinski definition) is 1. The molecule has 3 rings (SSSR count). The van der Waals surface area contributed by atoms with E-state index in [1.165, 1.54) is 40.1 Å². The lowest BCUT2D eigenvalue weighted by Crippen LogP contribution is -2.22. The molecule has 0 fully saturated rings. The van der Waals surface area contributed by atoms with Crippen LogP contribution in [0, 0.1) is 5.92 Å². The van der Waals surface area contributed by atoms with Crippen LogP contribution < -0.4 is 5.32 Å². The predicted octanol–water partition coefficient (Wildman–Crippen LogP) is 5.23. The number of nitrogens with one attached hydrogen (secondary N) is 1. The number of rotatable bonds is 2. The molecule has 0 radical (unpaired) electrons. The Bertz CT molecular complexity index is 620. The van der Waals surface area contributed by atoms with Crippen molar-refractivity contribution >= 4 is 26.7 Å². The monoisotopic (exact) mass is 331 g/mol. The van der Waals surface area contributed by atoms with Crippen LogP contribution in [0.25, 0.3) is 10.8 Å². The minimum atomic E-state index is 0.494. The van der Waals surface area contributed by atoms with E-state index in [1.807, 2.05) is 0 Å². The summed E-state index contributed by atoms with van der Waals surface area (Å²) in [5.41, 5.74) is 3.06. The van der Waals surface area contributed by atoms with Gasteiger partial charge in [0.2, 0.25) is 0 Å². The highest BCUT2D eigenvalue weighted by molar-refractivity contribution is 9.10. The second-order valence-corrected chi connectivity index (χ2v) is 6.82. The molecule has 0 amide bonds. The molecule has 2 heteroatoms. The molecule has 2 atom stereocenters. The molecule has 2 aromatic rings. The Hall–Kier alpha value is -0.860. The Morgan fingerprint density at radius 3 is 2.75 bits per heavy atom. The highest BCUT2D eigenvalue weighted by Gasteiger charge is 2.24. The van der Waals surface area contributed by atoms with Crippen LogP contribution in [0.3, 0.4) is 0 Å². The third-order valence-electron chi connectivity index (χ3n) is 4.49. The van der Waals surface area contributed by atoms with Crippen LogP contribution in [-0.4, -0.2) is 6.54 Å². The highest BCUT2D eigenvalue weighted by Crippen LogP contribution is 2.38. The number of hydrogen-bond acceptors (Lipinski definition) is 1. The van der Waals surface area contributed by atoms with Gasteiger partial charge in [-0.05, 0) is 59.7 Å². The zero-order chi connectivity index (χ0) is 14.1. The van der Waals surface area contributed by atoms with Crippen LogP contribution >= 0.6 is 15.9 Å².